The molecule has 0 fully saturated rings. The van der Waals surface area contributed by atoms with Crippen LogP contribution in [0.15, 0.2) is 29.2 Å². The number of benzene rings is 1. The van der Waals surface area contributed by atoms with Crippen LogP contribution in [0.4, 0.5) is 5.69 Å². The molecule has 1 aromatic carbocycles. The van der Waals surface area contributed by atoms with Crippen molar-refractivity contribution in [2.45, 2.75) is 14.4 Å². The van der Waals surface area contributed by atoms with Gasteiger partial charge in [0.2, 0.25) is 0 Å². The summed E-state index contributed by atoms with van der Waals surface area (Å²) in [6, 6.07) is 7.40. The highest BCUT2D eigenvalue weighted by Gasteiger charge is 2.21. The van der Waals surface area contributed by atoms with Crippen molar-refractivity contribution < 1.29 is 13.0 Å². The van der Waals surface area contributed by atoms with E-state index in [0.29, 0.717) is 0 Å². The third-order valence-electron chi connectivity index (χ3n) is 1.71. The first kappa shape index (κ1) is 14.1. The highest BCUT2D eigenvalue weighted by molar-refractivity contribution is 14.1. The summed E-state index contributed by atoms with van der Waals surface area (Å²) in [7, 11) is -4.01. The number of rotatable bonds is 5. The quantitative estimate of drug-likeness (QED) is 0.360. The number of alkyl halides is 1. The minimum absolute atomic E-state index is 0.759. The first-order valence-electron chi connectivity index (χ1n) is 4.55. The van der Waals surface area contributed by atoms with E-state index in [1.165, 1.54) is 0 Å². The van der Waals surface area contributed by atoms with Crippen LogP contribution in [0.1, 0.15) is 6.92 Å². The second-order valence-electron chi connectivity index (χ2n) is 2.93. The van der Waals surface area contributed by atoms with Crippen molar-refractivity contribution in [3.63, 3.8) is 0 Å². The number of nitrogens with one attached hydrogen (secondary N) is 1. The molecule has 0 spiro atoms. The Bertz CT molecular complexity index is 450. The van der Waals surface area contributed by atoms with Crippen LogP contribution in [0, 0.1) is 0 Å². The molecule has 0 amide bonds. The smallest absolute Gasteiger partial charge is 0.287 e. The normalized spacial score (nSPS) is 13.4. The fourth-order valence-electron chi connectivity index (χ4n) is 1.07. The molecule has 0 aromatic heterocycles. The van der Waals surface area contributed by atoms with Gasteiger partial charge in [0.05, 0.1) is 0 Å². The molecule has 1 rings (SSSR count). The summed E-state index contributed by atoms with van der Waals surface area (Å²) in [6.07, 6.45) is 0. The lowest BCUT2D eigenvalue weighted by atomic mass is 10.3. The molecule has 0 aliphatic heterocycles. The second kappa shape index (κ2) is 6.08. The lowest BCUT2D eigenvalue weighted by Crippen LogP contribution is -2.09. The summed E-state index contributed by atoms with van der Waals surface area (Å²) in [5.74, 6) is 0. The minimum Gasteiger partial charge on any atom is -0.384 e. The Morgan fingerprint density at radius 3 is 2.69 bits per heavy atom. The third-order valence-corrected chi connectivity index (χ3v) is 6.68. The van der Waals surface area contributed by atoms with Gasteiger partial charge in [-0.05, 0) is 41.6 Å². The summed E-state index contributed by atoms with van der Waals surface area (Å²) < 4.78 is 29.8. The maximum atomic E-state index is 10.9. The maximum absolute atomic E-state index is 10.9. The first-order valence-corrected chi connectivity index (χ1v) is 8.18. The van der Waals surface area contributed by atoms with Gasteiger partial charge >= 0.3 is 0 Å². The lowest BCUT2D eigenvalue weighted by Gasteiger charge is -2.11. The van der Waals surface area contributed by atoms with Crippen molar-refractivity contribution in [3.05, 3.63) is 24.3 Å². The third kappa shape index (κ3) is 4.11. The molecule has 1 atom stereocenters. The van der Waals surface area contributed by atoms with E-state index >= 15 is 0 Å². The molecular weight excluding hydrogens is 361 g/mol. The van der Waals surface area contributed by atoms with Gasteiger partial charge in [-0.2, -0.15) is 8.42 Å². The van der Waals surface area contributed by atoms with Gasteiger partial charge in [-0.15, -0.1) is 0 Å². The number of hydrogen-bond acceptors (Lipinski definition) is 4. The molecule has 1 unspecified atom stereocenters. The predicted molar refractivity (Wildman–Crippen MR) is 75.8 cm³/mol. The van der Waals surface area contributed by atoms with Gasteiger partial charge < -0.3 is 5.32 Å². The van der Waals surface area contributed by atoms with Gasteiger partial charge in [0.15, 0.2) is 2.59 Å². The van der Waals surface area contributed by atoms with Gasteiger partial charge in [-0.25, -0.2) is 0 Å². The summed E-state index contributed by atoms with van der Waals surface area (Å²) >= 11 is 2.80. The van der Waals surface area contributed by atoms with Crippen molar-refractivity contribution in [3.8, 4) is 0 Å². The largest absolute Gasteiger partial charge is 0.384 e. The van der Waals surface area contributed by atoms with E-state index < -0.39 is 12.7 Å². The zero-order valence-electron chi connectivity index (χ0n) is 8.55. The topological polar surface area (TPSA) is 66.4 Å². The van der Waals surface area contributed by atoms with E-state index in [9.17, 15) is 8.42 Å². The molecule has 7 heteroatoms. The number of halogens is 1. The van der Waals surface area contributed by atoms with E-state index in [4.69, 9.17) is 4.55 Å². The molecule has 0 aliphatic rings. The zero-order valence-corrected chi connectivity index (χ0v) is 12.3. The van der Waals surface area contributed by atoms with Crippen molar-refractivity contribution in [1.29, 1.82) is 0 Å². The minimum atomic E-state index is -4.01. The fraction of sp³-hybridized carbons (Fsp3) is 0.333. The second-order valence-corrected chi connectivity index (χ2v) is 8.82. The van der Waals surface area contributed by atoms with Crippen LogP contribution in [-0.2, 0) is 10.1 Å². The monoisotopic (exact) mass is 373 g/mol. The molecule has 2 N–H and O–H groups in total. The fourth-order valence-corrected chi connectivity index (χ4v) is 3.31. The first-order chi connectivity index (χ1) is 7.45. The Balaban J connectivity index is 2.88. The van der Waals surface area contributed by atoms with Gasteiger partial charge in [0.1, 0.15) is 0 Å². The van der Waals surface area contributed by atoms with Gasteiger partial charge in [0, 0.05) is 17.1 Å². The van der Waals surface area contributed by atoms with E-state index in [1.54, 1.807) is 22.6 Å². The van der Waals surface area contributed by atoms with E-state index in [1.807, 2.05) is 31.2 Å². The van der Waals surface area contributed by atoms with Gasteiger partial charge in [-0.3, -0.25) is 4.55 Å². The van der Waals surface area contributed by atoms with Crippen LogP contribution in [0.3, 0.4) is 0 Å². The van der Waals surface area contributed by atoms with Crippen molar-refractivity contribution >= 4 is 50.2 Å². The Morgan fingerprint density at radius 1 is 1.50 bits per heavy atom. The molecule has 90 valence electrons. The summed E-state index contributed by atoms with van der Waals surface area (Å²) in [5.41, 5.74) is 0.875. The summed E-state index contributed by atoms with van der Waals surface area (Å²) in [5, 5.41) is 3.13. The van der Waals surface area contributed by atoms with Crippen LogP contribution < -0.4 is 5.32 Å². The van der Waals surface area contributed by atoms with Crippen molar-refractivity contribution in [1.82, 2.24) is 0 Å². The van der Waals surface area contributed by atoms with Gasteiger partial charge in [-0.1, -0.05) is 23.9 Å². The van der Waals surface area contributed by atoms with Crippen LogP contribution in [-0.4, -0.2) is 22.1 Å². The summed E-state index contributed by atoms with van der Waals surface area (Å²) in [6.45, 7) is 2.72. The molecule has 0 saturated heterocycles. The predicted octanol–water partition coefficient (Wildman–Crippen LogP) is 2.82. The molecule has 0 bridgehead atoms. The SMILES string of the molecule is CCNc1ccccc1SC(I)S(=O)(=O)O. The molecular formula is C9H12INO3S2. The van der Waals surface area contributed by atoms with Gasteiger partial charge in [0.25, 0.3) is 10.1 Å². The van der Waals surface area contributed by atoms with Crippen LogP contribution in [0.5, 0.6) is 0 Å². The number of anilines is 1. The van der Waals surface area contributed by atoms with Crippen LogP contribution >= 0.6 is 34.4 Å². The number of thioether (sulfide) groups is 1. The number of para-hydroxylation sites is 1. The molecule has 0 aliphatic carbocycles. The maximum Gasteiger partial charge on any atom is 0.287 e. The van der Waals surface area contributed by atoms with E-state index in [0.717, 1.165) is 28.9 Å². The average molecular weight is 373 g/mol. The molecule has 1 aromatic rings. The Hall–Kier alpha value is 0.01000. The highest BCUT2D eigenvalue weighted by Crippen LogP contribution is 2.35. The highest BCUT2D eigenvalue weighted by atomic mass is 127. The lowest BCUT2D eigenvalue weighted by molar-refractivity contribution is 0.488. The number of hydrogen-bond donors (Lipinski definition) is 2. The molecule has 0 radical (unpaired) electrons. The zero-order chi connectivity index (χ0) is 12.2. The van der Waals surface area contributed by atoms with Crippen LogP contribution in [0.25, 0.3) is 0 Å². The molecule has 0 heterocycles. The van der Waals surface area contributed by atoms with E-state index in [2.05, 4.69) is 5.32 Å². The Morgan fingerprint density at radius 2 is 2.12 bits per heavy atom. The molecule has 16 heavy (non-hydrogen) atoms. The Labute approximate surface area is 113 Å². The average Bonchev–Trinajstić information content (AvgIpc) is 2.20. The molecule has 4 nitrogen and oxygen atoms in total. The van der Waals surface area contributed by atoms with E-state index in [-0.39, 0.29) is 0 Å². The van der Waals surface area contributed by atoms with Crippen molar-refractivity contribution in [2.75, 3.05) is 11.9 Å². The standard InChI is InChI=1S/C9H12INO3S2/c1-2-11-7-5-3-4-6-8(7)15-9(10)16(12,13)14/h3-6,9,11H,2H2,1H3,(H,12,13,14). The van der Waals surface area contributed by atoms with Crippen molar-refractivity contribution in [2.24, 2.45) is 0 Å². The molecule has 0 saturated carbocycles. The Kier molecular flexibility index (Phi) is 5.35. The summed E-state index contributed by atoms with van der Waals surface area (Å²) in [4.78, 5) is 0.807. The van der Waals surface area contributed by atoms with Crippen LogP contribution in [0.2, 0.25) is 0 Å².